The van der Waals surface area contributed by atoms with Crippen molar-refractivity contribution in [1.29, 1.82) is 0 Å². The van der Waals surface area contributed by atoms with Gasteiger partial charge in [0.15, 0.2) is 0 Å². The third kappa shape index (κ3) is 2.11. The highest BCUT2D eigenvalue weighted by Crippen LogP contribution is 2.26. The predicted molar refractivity (Wildman–Crippen MR) is 73.2 cm³/mol. The number of para-hydroxylation sites is 1. The van der Waals surface area contributed by atoms with Crippen LogP contribution in [0, 0.1) is 6.92 Å². The SMILES string of the molecule is CCN(C)c1c(CO)c(C)nn1-c1ccccc1. The van der Waals surface area contributed by atoms with Crippen molar-refractivity contribution in [3.63, 3.8) is 0 Å². The van der Waals surface area contributed by atoms with Crippen LogP contribution in [0.15, 0.2) is 30.3 Å². The van der Waals surface area contributed by atoms with Gasteiger partial charge in [-0.3, -0.25) is 0 Å². The van der Waals surface area contributed by atoms with Gasteiger partial charge < -0.3 is 10.0 Å². The Labute approximate surface area is 107 Å². The molecule has 0 saturated heterocycles. The summed E-state index contributed by atoms with van der Waals surface area (Å²) >= 11 is 0. The van der Waals surface area contributed by atoms with E-state index in [0.29, 0.717) is 0 Å². The molecule has 18 heavy (non-hydrogen) atoms. The second-order valence-electron chi connectivity index (χ2n) is 4.31. The molecule has 4 heteroatoms. The van der Waals surface area contributed by atoms with Crippen molar-refractivity contribution in [3.8, 4) is 5.69 Å². The van der Waals surface area contributed by atoms with Gasteiger partial charge in [0.05, 0.1) is 18.0 Å². The zero-order chi connectivity index (χ0) is 13.1. The lowest BCUT2D eigenvalue weighted by Crippen LogP contribution is -2.21. The molecule has 0 aliphatic heterocycles. The van der Waals surface area contributed by atoms with Crippen LogP contribution < -0.4 is 4.90 Å². The van der Waals surface area contributed by atoms with Gasteiger partial charge in [0, 0.05) is 19.2 Å². The molecule has 0 fully saturated rings. The summed E-state index contributed by atoms with van der Waals surface area (Å²) in [5, 5.41) is 14.1. The Kier molecular flexibility index (Phi) is 3.67. The van der Waals surface area contributed by atoms with E-state index >= 15 is 0 Å². The van der Waals surface area contributed by atoms with Crippen LogP contribution in [0.5, 0.6) is 0 Å². The van der Waals surface area contributed by atoms with Crippen molar-refractivity contribution in [2.75, 3.05) is 18.5 Å². The van der Waals surface area contributed by atoms with Crippen LogP contribution in [0.1, 0.15) is 18.2 Å². The zero-order valence-corrected chi connectivity index (χ0v) is 11.1. The van der Waals surface area contributed by atoms with Gasteiger partial charge in [-0.1, -0.05) is 18.2 Å². The average molecular weight is 245 g/mol. The molecule has 0 saturated carbocycles. The van der Waals surface area contributed by atoms with Crippen LogP contribution in [0.4, 0.5) is 5.82 Å². The minimum absolute atomic E-state index is 0.0122. The smallest absolute Gasteiger partial charge is 0.137 e. The molecule has 0 bridgehead atoms. The monoisotopic (exact) mass is 245 g/mol. The number of aliphatic hydroxyl groups is 1. The molecule has 1 aromatic heterocycles. The molecular weight excluding hydrogens is 226 g/mol. The number of hydrogen-bond donors (Lipinski definition) is 1. The van der Waals surface area contributed by atoms with E-state index in [1.165, 1.54) is 0 Å². The summed E-state index contributed by atoms with van der Waals surface area (Å²) in [6, 6.07) is 9.98. The summed E-state index contributed by atoms with van der Waals surface area (Å²) < 4.78 is 1.89. The van der Waals surface area contributed by atoms with Gasteiger partial charge in [-0.25, -0.2) is 4.68 Å². The molecule has 0 aliphatic rings. The Balaban J connectivity index is 2.60. The van der Waals surface area contributed by atoms with Gasteiger partial charge in [-0.05, 0) is 26.0 Å². The van der Waals surface area contributed by atoms with Gasteiger partial charge >= 0.3 is 0 Å². The average Bonchev–Trinajstić information content (AvgIpc) is 2.75. The Hall–Kier alpha value is -1.81. The summed E-state index contributed by atoms with van der Waals surface area (Å²) in [4.78, 5) is 2.10. The first-order valence-electron chi connectivity index (χ1n) is 6.15. The van der Waals surface area contributed by atoms with E-state index in [-0.39, 0.29) is 6.61 Å². The van der Waals surface area contributed by atoms with Gasteiger partial charge in [-0.15, -0.1) is 0 Å². The summed E-state index contributed by atoms with van der Waals surface area (Å²) in [7, 11) is 2.01. The topological polar surface area (TPSA) is 41.3 Å². The minimum atomic E-state index is 0.0122. The van der Waals surface area contributed by atoms with Crippen molar-refractivity contribution in [2.45, 2.75) is 20.5 Å². The number of aromatic nitrogens is 2. The van der Waals surface area contributed by atoms with Crippen LogP contribution in [0.3, 0.4) is 0 Å². The maximum absolute atomic E-state index is 9.52. The van der Waals surface area contributed by atoms with E-state index < -0.39 is 0 Å². The van der Waals surface area contributed by atoms with Crippen molar-refractivity contribution >= 4 is 5.82 Å². The predicted octanol–water partition coefficient (Wildman–Crippen LogP) is 2.13. The van der Waals surface area contributed by atoms with E-state index in [4.69, 9.17) is 0 Å². The number of nitrogens with zero attached hydrogens (tertiary/aromatic N) is 3. The van der Waals surface area contributed by atoms with Crippen LogP contribution in [-0.4, -0.2) is 28.5 Å². The molecule has 0 spiro atoms. The van der Waals surface area contributed by atoms with Crippen LogP contribution in [-0.2, 0) is 6.61 Å². The van der Waals surface area contributed by atoms with E-state index in [2.05, 4.69) is 16.9 Å². The first kappa shape index (κ1) is 12.6. The number of anilines is 1. The number of hydrogen-bond acceptors (Lipinski definition) is 3. The van der Waals surface area contributed by atoms with E-state index in [1.807, 2.05) is 49.0 Å². The second kappa shape index (κ2) is 5.23. The van der Waals surface area contributed by atoms with Crippen molar-refractivity contribution in [3.05, 3.63) is 41.6 Å². The van der Waals surface area contributed by atoms with Crippen molar-refractivity contribution in [1.82, 2.24) is 9.78 Å². The van der Waals surface area contributed by atoms with Gasteiger partial charge in [-0.2, -0.15) is 5.10 Å². The molecule has 2 aromatic rings. The summed E-state index contributed by atoms with van der Waals surface area (Å²) in [5.74, 6) is 0.962. The number of benzene rings is 1. The first-order chi connectivity index (χ1) is 8.69. The maximum atomic E-state index is 9.52. The molecular formula is C14H19N3O. The molecule has 0 amide bonds. The van der Waals surface area contributed by atoms with Crippen LogP contribution in [0.25, 0.3) is 5.69 Å². The summed E-state index contributed by atoms with van der Waals surface area (Å²) in [5.41, 5.74) is 2.77. The Morgan fingerprint density at radius 3 is 2.50 bits per heavy atom. The molecule has 0 atom stereocenters. The van der Waals surface area contributed by atoms with Gasteiger partial charge in [0.25, 0.3) is 0 Å². The molecule has 96 valence electrons. The Bertz CT molecular complexity index is 519. The van der Waals surface area contributed by atoms with Crippen LogP contribution >= 0.6 is 0 Å². The minimum Gasteiger partial charge on any atom is -0.391 e. The number of aliphatic hydroxyl groups excluding tert-OH is 1. The fraction of sp³-hybridized carbons (Fsp3) is 0.357. The highest BCUT2D eigenvalue weighted by molar-refractivity contribution is 5.54. The van der Waals surface area contributed by atoms with Gasteiger partial charge in [0.2, 0.25) is 0 Å². The normalized spacial score (nSPS) is 10.7. The molecule has 4 nitrogen and oxygen atoms in total. The fourth-order valence-corrected chi connectivity index (χ4v) is 2.02. The molecule has 0 radical (unpaired) electrons. The Morgan fingerprint density at radius 2 is 1.94 bits per heavy atom. The lowest BCUT2D eigenvalue weighted by molar-refractivity contribution is 0.281. The van der Waals surface area contributed by atoms with E-state index in [1.54, 1.807) is 0 Å². The molecule has 2 rings (SSSR count). The number of rotatable bonds is 4. The quantitative estimate of drug-likeness (QED) is 0.897. The summed E-state index contributed by atoms with van der Waals surface area (Å²) in [6.45, 7) is 4.89. The lowest BCUT2D eigenvalue weighted by Gasteiger charge is -2.20. The largest absolute Gasteiger partial charge is 0.391 e. The summed E-state index contributed by atoms with van der Waals surface area (Å²) in [6.07, 6.45) is 0. The van der Waals surface area contributed by atoms with Crippen LogP contribution in [0.2, 0.25) is 0 Å². The van der Waals surface area contributed by atoms with Crippen molar-refractivity contribution in [2.24, 2.45) is 0 Å². The first-order valence-corrected chi connectivity index (χ1v) is 6.15. The molecule has 0 aliphatic carbocycles. The molecule has 0 unspecified atom stereocenters. The maximum Gasteiger partial charge on any atom is 0.137 e. The van der Waals surface area contributed by atoms with E-state index in [0.717, 1.165) is 29.3 Å². The molecule has 1 heterocycles. The van der Waals surface area contributed by atoms with Gasteiger partial charge in [0.1, 0.15) is 5.82 Å². The second-order valence-corrected chi connectivity index (χ2v) is 4.31. The fourth-order valence-electron chi connectivity index (χ4n) is 2.02. The Morgan fingerprint density at radius 1 is 1.28 bits per heavy atom. The standard InChI is InChI=1S/C14H19N3O/c1-4-16(3)14-13(10-18)11(2)15-17(14)12-8-6-5-7-9-12/h5-9,18H,4,10H2,1-3H3. The molecule has 1 aromatic carbocycles. The zero-order valence-electron chi connectivity index (χ0n) is 11.1. The third-order valence-corrected chi connectivity index (χ3v) is 3.15. The number of aryl methyl sites for hydroxylation is 1. The lowest BCUT2D eigenvalue weighted by atomic mass is 10.2. The van der Waals surface area contributed by atoms with E-state index in [9.17, 15) is 5.11 Å². The van der Waals surface area contributed by atoms with Crippen molar-refractivity contribution < 1.29 is 5.11 Å². The highest BCUT2D eigenvalue weighted by atomic mass is 16.3. The third-order valence-electron chi connectivity index (χ3n) is 3.15. The highest BCUT2D eigenvalue weighted by Gasteiger charge is 2.18. The molecule has 1 N–H and O–H groups in total.